The zero-order valence-corrected chi connectivity index (χ0v) is 8.96. The lowest BCUT2D eigenvalue weighted by Gasteiger charge is -2.04. The van der Waals surface area contributed by atoms with Crippen molar-refractivity contribution in [1.29, 1.82) is 0 Å². The molecule has 16 heavy (non-hydrogen) atoms. The van der Waals surface area contributed by atoms with Gasteiger partial charge in [-0.15, -0.1) is 0 Å². The van der Waals surface area contributed by atoms with Gasteiger partial charge in [-0.25, -0.2) is 18.7 Å². The molecule has 0 aliphatic rings. The Morgan fingerprint density at radius 2 is 1.56 bits per heavy atom. The van der Waals surface area contributed by atoms with Gasteiger partial charge in [-0.05, 0) is 32.0 Å². The maximum Gasteiger partial charge on any atom is 0.162 e. The fourth-order valence-corrected chi connectivity index (χ4v) is 1.52. The summed E-state index contributed by atoms with van der Waals surface area (Å²) >= 11 is 0. The molecule has 0 spiro atoms. The SMILES string of the molecule is Cc1cc(C)nc(-c2ccc(F)cc2F)n1. The van der Waals surface area contributed by atoms with Crippen LogP contribution in [0.4, 0.5) is 8.78 Å². The third-order valence-corrected chi connectivity index (χ3v) is 2.15. The topological polar surface area (TPSA) is 25.8 Å². The van der Waals surface area contributed by atoms with Crippen molar-refractivity contribution in [2.24, 2.45) is 0 Å². The Morgan fingerprint density at radius 1 is 0.938 bits per heavy atom. The molecule has 0 radical (unpaired) electrons. The van der Waals surface area contributed by atoms with E-state index in [1.165, 1.54) is 12.1 Å². The predicted octanol–water partition coefficient (Wildman–Crippen LogP) is 3.04. The molecule has 1 aromatic carbocycles. The monoisotopic (exact) mass is 220 g/mol. The molecule has 1 aromatic heterocycles. The van der Waals surface area contributed by atoms with E-state index in [-0.39, 0.29) is 11.4 Å². The van der Waals surface area contributed by atoms with Gasteiger partial charge in [0, 0.05) is 17.5 Å². The number of nitrogens with zero attached hydrogens (tertiary/aromatic N) is 2. The minimum Gasteiger partial charge on any atom is -0.233 e. The number of hydrogen-bond acceptors (Lipinski definition) is 2. The maximum atomic E-state index is 13.5. The largest absolute Gasteiger partial charge is 0.233 e. The fourth-order valence-electron chi connectivity index (χ4n) is 1.52. The predicted molar refractivity (Wildman–Crippen MR) is 56.9 cm³/mol. The third-order valence-electron chi connectivity index (χ3n) is 2.15. The Labute approximate surface area is 92.0 Å². The number of rotatable bonds is 1. The second kappa shape index (κ2) is 3.96. The van der Waals surface area contributed by atoms with Crippen LogP contribution in [0.15, 0.2) is 24.3 Å². The smallest absolute Gasteiger partial charge is 0.162 e. The number of halogens is 2. The molecule has 82 valence electrons. The highest BCUT2D eigenvalue weighted by Crippen LogP contribution is 2.20. The van der Waals surface area contributed by atoms with Gasteiger partial charge in [0.05, 0.1) is 5.56 Å². The van der Waals surface area contributed by atoms with Gasteiger partial charge >= 0.3 is 0 Å². The zero-order valence-electron chi connectivity index (χ0n) is 8.96. The highest BCUT2D eigenvalue weighted by molar-refractivity contribution is 5.56. The second-order valence-electron chi connectivity index (χ2n) is 3.60. The Morgan fingerprint density at radius 3 is 2.12 bits per heavy atom. The summed E-state index contributed by atoms with van der Waals surface area (Å²) in [6, 6.07) is 5.17. The molecule has 2 aromatic rings. The van der Waals surface area contributed by atoms with E-state index in [2.05, 4.69) is 9.97 Å². The number of aryl methyl sites for hydroxylation is 2. The minimum absolute atomic E-state index is 0.216. The van der Waals surface area contributed by atoms with Gasteiger partial charge in [-0.2, -0.15) is 0 Å². The van der Waals surface area contributed by atoms with Crippen molar-refractivity contribution < 1.29 is 8.78 Å². The second-order valence-corrected chi connectivity index (χ2v) is 3.60. The molecule has 0 bridgehead atoms. The molecular weight excluding hydrogens is 210 g/mol. The van der Waals surface area contributed by atoms with E-state index in [1.54, 1.807) is 19.9 Å². The summed E-state index contributed by atoms with van der Waals surface area (Å²) in [6.45, 7) is 3.61. The number of benzene rings is 1. The lowest BCUT2D eigenvalue weighted by Crippen LogP contribution is -1.96. The van der Waals surface area contributed by atoms with Crippen molar-refractivity contribution >= 4 is 0 Å². The summed E-state index contributed by atoms with van der Waals surface area (Å²) in [5.41, 5.74) is 1.73. The van der Waals surface area contributed by atoms with Gasteiger partial charge in [0.25, 0.3) is 0 Å². The molecule has 0 saturated heterocycles. The van der Waals surface area contributed by atoms with Crippen molar-refractivity contribution in [3.63, 3.8) is 0 Å². The highest BCUT2D eigenvalue weighted by atomic mass is 19.1. The first-order valence-electron chi connectivity index (χ1n) is 4.84. The molecule has 2 nitrogen and oxygen atoms in total. The lowest BCUT2D eigenvalue weighted by molar-refractivity contribution is 0.585. The Hall–Kier alpha value is -1.84. The minimum atomic E-state index is -0.648. The van der Waals surface area contributed by atoms with Crippen LogP contribution in [-0.2, 0) is 0 Å². The molecular formula is C12H10F2N2. The van der Waals surface area contributed by atoms with E-state index < -0.39 is 11.6 Å². The van der Waals surface area contributed by atoms with E-state index in [9.17, 15) is 8.78 Å². The first kappa shape index (κ1) is 10.7. The maximum absolute atomic E-state index is 13.5. The average molecular weight is 220 g/mol. The summed E-state index contributed by atoms with van der Waals surface area (Å²) in [5.74, 6) is -0.967. The molecule has 0 saturated carbocycles. The lowest BCUT2D eigenvalue weighted by atomic mass is 10.2. The van der Waals surface area contributed by atoms with Gasteiger partial charge in [-0.1, -0.05) is 0 Å². The van der Waals surface area contributed by atoms with E-state index in [0.29, 0.717) is 0 Å². The van der Waals surface area contributed by atoms with Gasteiger partial charge < -0.3 is 0 Å². The molecule has 0 amide bonds. The van der Waals surface area contributed by atoms with Crippen molar-refractivity contribution in [1.82, 2.24) is 9.97 Å². The summed E-state index contributed by atoms with van der Waals surface area (Å²) in [6.07, 6.45) is 0. The van der Waals surface area contributed by atoms with Crippen molar-refractivity contribution in [3.05, 3.63) is 47.3 Å². The van der Waals surface area contributed by atoms with Gasteiger partial charge in [0.15, 0.2) is 5.82 Å². The molecule has 0 unspecified atom stereocenters. The quantitative estimate of drug-likeness (QED) is 0.738. The Balaban J connectivity index is 2.58. The van der Waals surface area contributed by atoms with Crippen LogP contribution in [0.2, 0.25) is 0 Å². The van der Waals surface area contributed by atoms with Crippen LogP contribution in [0.3, 0.4) is 0 Å². The molecule has 0 fully saturated rings. The van der Waals surface area contributed by atoms with Gasteiger partial charge in [0.1, 0.15) is 11.6 Å². The van der Waals surface area contributed by atoms with Crippen molar-refractivity contribution in [2.75, 3.05) is 0 Å². The van der Waals surface area contributed by atoms with Crippen LogP contribution in [0.25, 0.3) is 11.4 Å². The normalized spacial score (nSPS) is 10.5. The molecule has 2 rings (SSSR count). The average Bonchev–Trinajstić information content (AvgIpc) is 2.15. The molecule has 0 aliphatic heterocycles. The summed E-state index contributed by atoms with van der Waals surface area (Å²) < 4.78 is 26.2. The van der Waals surface area contributed by atoms with Crippen molar-refractivity contribution in [3.8, 4) is 11.4 Å². The molecule has 1 heterocycles. The van der Waals surface area contributed by atoms with Crippen LogP contribution in [-0.4, -0.2) is 9.97 Å². The van der Waals surface area contributed by atoms with E-state index >= 15 is 0 Å². The number of hydrogen-bond donors (Lipinski definition) is 0. The number of aromatic nitrogens is 2. The highest BCUT2D eigenvalue weighted by Gasteiger charge is 2.09. The van der Waals surface area contributed by atoms with Crippen LogP contribution in [0, 0.1) is 25.5 Å². The van der Waals surface area contributed by atoms with Crippen molar-refractivity contribution in [2.45, 2.75) is 13.8 Å². The van der Waals surface area contributed by atoms with Crippen LogP contribution in [0.1, 0.15) is 11.4 Å². The Kier molecular flexibility index (Phi) is 2.64. The first-order valence-corrected chi connectivity index (χ1v) is 4.84. The van der Waals surface area contributed by atoms with E-state index in [1.807, 2.05) is 0 Å². The van der Waals surface area contributed by atoms with E-state index in [4.69, 9.17) is 0 Å². The third kappa shape index (κ3) is 2.05. The zero-order chi connectivity index (χ0) is 11.7. The molecule has 0 atom stereocenters. The van der Waals surface area contributed by atoms with Gasteiger partial charge in [-0.3, -0.25) is 0 Å². The molecule has 0 aliphatic carbocycles. The summed E-state index contributed by atoms with van der Waals surface area (Å²) in [5, 5.41) is 0. The summed E-state index contributed by atoms with van der Waals surface area (Å²) in [4.78, 5) is 8.24. The van der Waals surface area contributed by atoms with Crippen LogP contribution in [0.5, 0.6) is 0 Å². The van der Waals surface area contributed by atoms with Crippen LogP contribution >= 0.6 is 0 Å². The fraction of sp³-hybridized carbons (Fsp3) is 0.167. The van der Waals surface area contributed by atoms with Crippen LogP contribution < -0.4 is 0 Å². The molecule has 0 N–H and O–H groups in total. The van der Waals surface area contributed by atoms with Gasteiger partial charge in [0.2, 0.25) is 0 Å². The first-order chi connectivity index (χ1) is 7.56. The molecule has 4 heteroatoms. The Bertz CT molecular complexity index is 518. The summed E-state index contributed by atoms with van der Waals surface area (Å²) in [7, 11) is 0. The van der Waals surface area contributed by atoms with E-state index in [0.717, 1.165) is 17.5 Å². The standard InChI is InChI=1S/C12H10F2N2/c1-7-5-8(2)16-12(15-7)10-4-3-9(13)6-11(10)14/h3-6H,1-2H3.